The zero-order chi connectivity index (χ0) is 20.6. The molecule has 0 unspecified atom stereocenters. The summed E-state index contributed by atoms with van der Waals surface area (Å²) in [6.45, 7) is 4.04. The molecule has 3 rings (SSSR count). The number of benzene rings is 2. The third kappa shape index (κ3) is 5.79. The number of rotatable bonds is 7. The van der Waals surface area contributed by atoms with E-state index in [1.165, 1.54) is 37.9 Å². The van der Waals surface area contributed by atoms with Crippen LogP contribution in [0.4, 0.5) is 15.8 Å². The number of hydrogen-bond acceptors (Lipinski definition) is 3. The highest BCUT2D eigenvalue weighted by Gasteiger charge is 2.15. The number of hydrogen-bond donors (Lipinski definition) is 1. The van der Waals surface area contributed by atoms with Gasteiger partial charge in [-0.05, 0) is 49.6 Å². The minimum absolute atomic E-state index is 0.113. The molecule has 5 nitrogen and oxygen atoms in total. The molecule has 0 saturated carbocycles. The van der Waals surface area contributed by atoms with Gasteiger partial charge < -0.3 is 15.1 Å². The Morgan fingerprint density at radius 3 is 2.38 bits per heavy atom. The minimum atomic E-state index is -0.341. The molecule has 2 amide bonds. The molecule has 154 valence electrons. The van der Waals surface area contributed by atoms with Crippen LogP contribution in [0.1, 0.15) is 38.2 Å². The first-order valence-electron chi connectivity index (χ1n) is 10.2. The molecule has 0 bridgehead atoms. The number of nitrogens with zero attached hydrogens (tertiary/aromatic N) is 2. The number of amides is 2. The molecule has 6 heteroatoms. The topological polar surface area (TPSA) is 52.7 Å². The fraction of sp³-hybridized carbons (Fsp3) is 0.391. The maximum Gasteiger partial charge on any atom is 0.223 e. The van der Waals surface area contributed by atoms with Gasteiger partial charge in [0, 0.05) is 56.5 Å². The summed E-state index contributed by atoms with van der Waals surface area (Å²) >= 11 is 0. The average molecular weight is 397 g/mol. The summed E-state index contributed by atoms with van der Waals surface area (Å²) in [5.74, 6) is -0.672. The Morgan fingerprint density at radius 1 is 1.03 bits per heavy atom. The van der Waals surface area contributed by atoms with Crippen molar-refractivity contribution in [2.24, 2.45) is 0 Å². The molecule has 0 aromatic heterocycles. The Morgan fingerprint density at radius 2 is 1.72 bits per heavy atom. The van der Waals surface area contributed by atoms with Crippen LogP contribution in [-0.2, 0) is 16.1 Å². The van der Waals surface area contributed by atoms with Gasteiger partial charge in [0.05, 0.1) is 0 Å². The van der Waals surface area contributed by atoms with Gasteiger partial charge in [0.2, 0.25) is 11.8 Å². The van der Waals surface area contributed by atoms with Crippen LogP contribution in [-0.4, -0.2) is 31.4 Å². The molecule has 0 atom stereocenters. The Labute approximate surface area is 171 Å². The minimum Gasteiger partial charge on any atom is -0.372 e. The van der Waals surface area contributed by atoms with E-state index in [0.717, 1.165) is 18.8 Å². The molecule has 0 aliphatic carbocycles. The lowest BCUT2D eigenvalue weighted by atomic mass is 10.1. The van der Waals surface area contributed by atoms with Gasteiger partial charge in [-0.1, -0.05) is 18.2 Å². The molecule has 2 aromatic carbocycles. The highest BCUT2D eigenvalue weighted by atomic mass is 19.1. The molecule has 29 heavy (non-hydrogen) atoms. The summed E-state index contributed by atoms with van der Waals surface area (Å²) in [4.78, 5) is 28.2. The van der Waals surface area contributed by atoms with Crippen LogP contribution < -0.4 is 15.1 Å². The van der Waals surface area contributed by atoms with E-state index in [9.17, 15) is 14.0 Å². The Kier molecular flexibility index (Phi) is 7.22. The number of nitrogens with one attached hydrogen (secondary N) is 1. The van der Waals surface area contributed by atoms with E-state index >= 15 is 0 Å². The quantitative estimate of drug-likeness (QED) is 0.772. The molecule has 1 fully saturated rings. The lowest BCUT2D eigenvalue weighted by Crippen LogP contribution is -2.34. The van der Waals surface area contributed by atoms with Crippen LogP contribution in [0.15, 0.2) is 48.5 Å². The van der Waals surface area contributed by atoms with E-state index in [1.54, 1.807) is 23.1 Å². The van der Waals surface area contributed by atoms with E-state index in [-0.39, 0.29) is 37.1 Å². The molecule has 1 aliphatic rings. The SMILES string of the molecule is CC(=O)N(CCC(=O)NCc1ccccc1F)c1ccc(N2CCCCC2)cc1. The van der Waals surface area contributed by atoms with Crippen LogP contribution >= 0.6 is 0 Å². The summed E-state index contributed by atoms with van der Waals surface area (Å²) in [6.07, 6.45) is 3.86. The lowest BCUT2D eigenvalue weighted by molar-refractivity contribution is -0.121. The summed E-state index contributed by atoms with van der Waals surface area (Å²) in [5.41, 5.74) is 2.39. The second kappa shape index (κ2) is 10.0. The van der Waals surface area contributed by atoms with Crippen molar-refractivity contribution in [2.75, 3.05) is 29.4 Å². The number of halogens is 1. The van der Waals surface area contributed by atoms with Crippen molar-refractivity contribution in [1.29, 1.82) is 0 Å². The Hall–Kier alpha value is -2.89. The summed E-state index contributed by atoms with van der Waals surface area (Å²) < 4.78 is 13.6. The standard InChI is InChI=1S/C23H28FN3O2/c1-18(28)27(16-13-23(29)25-17-19-7-3-4-8-22(19)24)21-11-9-20(10-12-21)26-14-5-2-6-15-26/h3-4,7-12H,2,5-6,13-17H2,1H3,(H,25,29). The number of carbonyl (C=O) groups is 2. The molecular formula is C23H28FN3O2. The molecule has 1 aliphatic heterocycles. The van der Waals surface area contributed by atoms with Gasteiger partial charge in [0.1, 0.15) is 5.82 Å². The van der Waals surface area contributed by atoms with Gasteiger partial charge in [-0.2, -0.15) is 0 Å². The van der Waals surface area contributed by atoms with E-state index in [2.05, 4.69) is 10.2 Å². The fourth-order valence-corrected chi connectivity index (χ4v) is 3.60. The predicted octanol–water partition coefficient (Wildman–Crippen LogP) is 3.88. The van der Waals surface area contributed by atoms with Crippen molar-refractivity contribution >= 4 is 23.2 Å². The van der Waals surface area contributed by atoms with Gasteiger partial charge in [0.15, 0.2) is 0 Å². The fourth-order valence-electron chi connectivity index (χ4n) is 3.60. The average Bonchev–Trinajstić information content (AvgIpc) is 2.74. The Bertz CT molecular complexity index is 832. The van der Waals surface area contributed by atoms with Gasteiger partial charge >= 0.3 is 0 Å². The number of anilines is 2. The largest absolute Gasteiger partial charge is 0.372 e. The maximum atomic E-state index is 13.6. The molecule has 1 heterocycles. The first-order valence-corrected chi connectivity index (χ1v) is 10.2. The first-order chi connectivity index (χ1) is 14.0. The van der Waals surface area contributed by atoms with Crippen LogP contribution in [0.5, 0.6) is 0 Å². The first kappa shape index (κ1) is 20.8. The molecule has 1 N–H and O–H groups in total. The third-order valence-corrected chi connectivity index (χ3v) is 5.26. The Balaban J connectivity index is 1.55. The number of carbonyl (C=O) groups excluding carboxylic acids is 2. The van der Waals surface area contributed by atoms with E-state index in [1.807, 2.05) is 24.3 Å². The molecule has 1 saturated heterocycles. The molecule has 0 spiro atoms. The van der Waals surface area contributed by atoms with Crippen LogP contribution in [0.3, 0.4) is 0 Å². The second-order valence-electron chi connectivity index (χ2n) is 7.35. The third-order valence-electron chi connectivity index (χ3n) is 5.26. The summed E-state index contributed by atoms with van der Waals surface area (Å²) in [6, 6.07) is 14.3. The highest BCUT2D eigenvalue weighted by Crippen LogP contribution is 2.24. The zero-order valence-corrected chi connectivity index (χ0v) is 16.9. The van der Waals surface area contributed by atoms with Crippen LogP contribution in [0, 0.1) is 5.82 Å². The van der Waals surface area contributed by atoms with E-state index in [0.29, 0.717) is 5.56 Å². The highest BCUT2D eigenvalue weighted by molar-refractivity contribution is 5.92. The monoisotopic (exact) mass is 397 g/mol. The number of piperidine rings is 1. The normalized spacial score (nSPS) is 13.8. The van der Waals surface area contributed by atoms with Gasteiger partial charge in [0.25, 0.3) is 0 Å². The molecule has 2 aromatic rings. The smallest absolute Gasteiger partial charge is 0.223 e. The molecular weight excluding hydrogens is 369 g/mol. The van der Waals surface area contributed by atoms with Crippen molar-refractivity contribution in [2.45, 2.75) is 39.2 Å². The van der Waals surface area contributed by atoms with Crippen LogP contribution in [0.25, 0.3) is 0 Å². The van der Waals surface area contributed by atoms with E-state index < -0.39 is 0 Å². The van der Waals surface area contributed by atoms with Gasteiger partial charge in [-0.3, -0.25) is 9.59 Å². The van der Waals surface area contributed by atoms with Crippen molar-refractivity contribution in [1.82, 2.24) is 5.32 Å². The van der Waals surface area contributed by atoms with Gasteiger partial charge in [-0.25, -0.2) is 4.39 Å². The van der Waals surface area contributed by atoms with Crippen molar-refractivity contribution < 1.29 is 14.0 Å². The van der Waals surface area contributed by atoms with Crippen LogP contribution in [0.2, 0.25) is 0 Å². The lowest BCUT2D eigenvalue weighted by Gasteiger charge is -2.29. The maximum absolute atomic E-state index is 13.6. The predicted molar refractivity (Wildman–Crippen MR) is 113 cm³/mol. The van der Waals surface area contributed by atoms with Crippen molar-refractivity contribution in [3.63, 3.8) is 0 Å². The van der Waals surface area contributed by atoms with Crippen molar-refractivity contribution in [3.05, 3.63) is 59.9 Å². The summed E-state index contributed by atoms with van der Waals surface area (Å²) in [7, 11) is 0. The molecule has 0 radical (unpaired) electrons. The van der Waals surface area contributed by atoms with Crippen molar-refractivity contribution in [3.8, 4) is 0 Å². The second-order valence-corrected chi connectivity index (χ2v) is 7.35. The van der Waals surface area contributed by atoms with E-state index in [4.69, 9.17) is 0 Å². The summed E-state index contributed by atoms with van der Waals surface area (Å²) in [5, 5.41) is 2.71. The zero-order valence-electron chi connectivity index (χ0n) is 16.9. The van der Waals surface area contributed by atoms with Gasteiger partial charge in [-0.15, -0.1) is 0 Å².